The number of hydrogen-bond donors (Lipinski definition) is 1. The van der Waals surface area contributed by atoms with Crippen molar-refractivity contribution < 1.29 is 0 Å². The molecule has 0 aromatic carbocycles. The fourth-order valence-corrected chi connectivity index (χ4v) is 3.00. The van der Waals surface area contributed by atoms with Gasteiger partial charge in [-0.2, -0.15) is 5.10 Å². The minimum Gasteiger partial charge on any atom is -0.305 e. The number of rotatable bonds is 5. The molecule has 4 nitrogen and oxygen atoms in total. The first-order chi connectivity index (χ1) is 9.40. The Balaban J connectivity index is 2.03. The van der Waals surface area contributed by atoms with Gasteiger partial charge in [0.05, 0.1) is 24.0 Å². The third-order valence-electron chi connectivity index (χ3n) is 3.09. The van der Waals surface area contributed by atoms with E-state index in [1.165, 1.54) is 10.4 Å². The van der Waals surface area contributed by atoms with Crippen molar-refractivity contribution in [2.24, 2.45) is 0 Å². The summed E-state index contributed by atoms with van der Waals surface area (Å²) in [5.74, 6) is 0. The van der Waals surface area contributed by atoms with E-state index in [1.807, 2.05) is 23.1 Å². The minimum absolute atomic E-state index is 0.196. The maximum atomic E-state index is 4.40. The molecular weight excluding hydrogens is 256 g/mol. The highest BCUT2D eigenvalue weighted by Gasteiger charge is 2.18. The van der Waals surface area contributed by atoms with Crippen LogP contribution in [0.25, 0.3) is 5.52 Å². The molecule has 1 atom stereocenters. The molecule has 0 saturated heterocycles. The third-order valence-corrected chi connectivity index (χ3v) is 4.03. The van der Waals surface area contributed by atoms with Crippen molar-refractivity contribution in [3.63, 3.8) is 0 Å². The molecule has 0 aliphatic heterocycles. The lowest BCUT2D eigenvalue weighted by molar-refractivity contribution is 0.608. The van der Waals surface area contributed by atoms with Gasteiger partial charge < -0.3 is 5.32 Å². The monoisotopic (exact) mass is 272 g/mol. The van der Waals surface area contributed by atoms with Gasteiger partial charge in [0, 0.05) is 22.8 Å². The largest absolute Gasteiger partial charge is 0.305 e. The normalized spacial score (nSPS) is 12.9. The van der Waals surface area contributed by atoms with Crippen LogP contribution in [-0.2, 0) is 0 Å². The summed E-state index contributed by atoms with van der Waals surface area (Å²) in [4.78, 5) is 5.52. The van der Waals surface area contributed by atoms with Gasteiger partial charge in [-0.05, 0) is 24.4 Å². The number of hydrogen-bond acceptors (Lipinski definition) is 4. The zero-order valence-corrected chi connectivity index (χ0v) is 11.6. The van der Waals surface area contributed by atoms with E-state index in [0.717, 1.165) is 18.5 Å². The van der Waals surface area contributed by atoms with Crippen molar-refractivity contribution >= 4 is 16.9 Å². The second kappa shape index (κ2) is 5.50. The van der Waals surface area contributed by atoms with E-state index in [1.54, 1.807) is 17.5 Å². The second-order valence-corrected chi connectivity index (χ2v) is 5.39. The molecule has 5 heteroatoms. The van der Waals surface area contributed by atoms with Crippen LogP contribution in [0.1, 0.15) is 29.8 Å². The highest BCUT2D eigenvalue weighted by Crippen LogP contribution is 2.28. The molecule has 98 valence electrons. The number of nitrogens with one attached hydrogen (secondary N) is 1. The zero-order valence-electron chi connectivity index (χ0n) is 10.8. The van der Waals surface area contributed by atoms with Crippen LogP contribution in [0, 0.1) is 0 Å². The second-order valence-electron chi connectivity index (χ2n) is 4.41. The van der Waals surface area contributed by atoms with Crippen molar-refractivity contribution in [2.45, 2.75) is 19.4 Å². The van der Waals surface area contributed by atoms with E-state index >= 15 is 0 Å². The van der Waals surface area contributed by atoms with Crippen molar-refractivity contribution in [3.05, 3.63) is 52.7 Å². The van der Waals surface area contributed by atoms with Gasteiger partial charge >= 0.3 is 0 Å². The van der Waals surface area contributed by atoms with Crippen LogP contribution >= 0.6 is 11.3 Å². The molecule has 0 bridgehead atoms. The summed E-state index contributed by atoms with van der Waals surface area (Å²) in [5.41, 5.74) is 2.24. The Morgan fingerprint density at radius 2 is 2.37 bits per heavy atom. The molecule has 0 spiro atoms. The molecule has 3 aromatic heterocycles. The van der Waals surface area contributed by atoms with E-state index in [0.29, 0.717) is 0 Å². The van der Waals surface area contributed by atoms with E-state index in [2.05, 4.69) is 39.8 Å². The smallest absolute Gasteiger partial charge is 0.0896 e. The first-order valence-corrected chi connectivity index (χ1v) is 7.32. The lowest BCUT2D eigenvalue weighted by Crippen LogP contribution is -2.22. The Hall–Kier alpha value is -1.72. The number of thiophene rings is 1. The van der Waals surface area contributed by atoms with Crippen LogP contribution < -0.4 is 5.32 Å². The van der Waals surface area contributed by atoms with Gasteiger partial charge in [0.25, 0.3) is 0 Å². The molecule has 0 aliphatic carbocycles. The third kappa shape index (κ3) is 2.39. The van der Waals surface area contributed by atoms with Gasteiger partial charge in [0.1, 0.15) is 0 Å². The van der Waals surface area contributed by atoms with Gasteiger partial charge in [-0.3, -0.25) is 4.98 Å². The van der Waals surface area contributed by atoms with Crippen LogP contribution in [-0.4, -0.2) is 21.1 Å². The predicted octanol–water partition coefficient (Wildman–Crippen LogP) is 2.88. The maximum absolute atomic E-state index is 4.40. The van der Waals surface area contributed by atoms with Crippen molar-refractivity contribution in [1.29, 1.82) is 0 Å². The molecule has 0 fully saturated rings. The summed E-state index contributed by atoms with van der Waals surface area (Å²) in [7, 11) is 0. The highest BCUT2D eigenvalue weighted by molar-refractivity contribution is 7.10. The topological polar surface area (TPSA) is 42.2 Å². The van der Waals surface area contributed by atoms with Gasteiger partial charge in [-0.1, -0.05) is 13.0 Å². The fourth-order valence-electron chi connectivity index (χ4n) is 2.18. The summed E-state index contributed by atoms with van der Waals surface area (Å²) < 4.78 is 1.87. The zero-order chi connectivity index (χ0) is 13.1. The lowest BCUT2D eigenvalue weighted by atomic mass is 10.1. The number of fused-ring (bicyclic) bond motifs is 1. The molecule has 0 aliphatic rings. The molecule has 1 N–H and O–H groups in total. The average Bonchev–Trinajstić information content (AvgIpc) is 3.09. The van der Waals surface area contributed by atoms with Crippen molar-refractivity contribution in [1.82, 2.24) is 19.9 Å². The average molecular weight is 272 g/mol. The number of aromatic nitrogens is 3. The lowest BCUT2D eigenvalue weighted by Gasteiger charge is -2.16. The van der Waals surface area contributed by atoms with E-state index < -0.39 is 0 Å². The molecule has 0 amide bonds. The maximum Gasteiger partial charge on any atom is 0.0896 e. The van der Waals surface area contributed by atoms with Crippen LogP contribution in [0.5, 0.6) is 0 Å². The van der Waals surface area contributed by atoms with E-state index in [-0.39, 0.29) is 6.04 Å². The van der Waals surface area contributed by atoms with Gasteiger partial charge in [-0.15, -0.1) is 11.3 Å². The molecule has 3 aromatic rings. The molecule has 1 unspecified atom stereocenters. The molecule has 3 rings (SSSR count). The van der Waals surface area contributed by atoms with E-state index in [9.17, 15) is 0 Å². The fraction of sp³-hybridized carbons (Fsp3) is 0.286. The molecule has 0 radical (unpaired) electrons. The Labute approximate surface area is 116 Å². The first kappa shape index (κ1) is 12.3. The molecule has 0 saturated carbocycles. The van der Waals surface area contributed by atoms with Crippen LogP contribution in [0.3, 0.4) is 0 Å². The van der Waals surface area contributed by atoms with Crippen molar-refractivity contribution in [3.8, 4) is 0 Å². The number of nitrogens with zero attached hydrogens (tertiary/aromatic N) is 3. The molecule has 19 heavy (non-hydrogen) atoms. The Bertz CT molecular complexity index is 644. The predicted molar refractivity (Wildman–Crippen MR) is 77.4 cm³/mol. The van der Waals surface area contributed by atoms with Gasteiger partial charge in [0.15, 0.2) is 0 Å². The Kier molecular flexibility index (Phi) is 3.57. The summed E-state index contributed by atoms with van der Waals surface area (Å²) in [5, 5.41) is 10.1. The summed E-state index contributed by atoms with van der Waals surface area (Å²) >= 11 is 1.77. The standard InChI is InChI=1S/C14H16N4S/c1-2-5-16-14(13-4-3-8-19-13)11-9-17-18-7-6-15-10-12(11)18/h3-4,6-10,14,16H,2,5H2,1H3. The highest BCUT2D eigenvalue weighted by atomic mass is 32.1. The van der Waals surface area contributed by atoms with Crippen LogP contribution in [0.15, 0.2) is 42.3 Å². The van der Waals surface area contributed by atoms with Crippen LogP contribution in [0.4, 0.5) is 0 Å². The van der Waals surface area contributed by atoms with Crippen molar-refractivity contribution in [2.75, 3.05) is 6.54 Å². The van der Waals surface area contributed by atoms with Gasteiger partial charge in [-0.25, -0.2) is 4.52 Å². The molecule has 3 heterocycles. The summed E-state index contributed by atoms with van der Waals surface area (Å²) in [6, 6.07) is 4.45. The van der Waals surface area contributed by atoms with E-state index in [4.69, 9.17) is 0 Å². The molecular formula is C14H16N4S. The Morgan fingerprint density at radius 1 is 1.42 bits per heavy atom. The minimum atomic E-state index is 0.196. The Morgan fingerprint density at radius 3 is 3.16 bits per heavy atom. The summed E-state index contributed by atoms with van der Waals surface area (Å²) in [6.45, 7) is 3.16. The van der Waals surface area contributed by atoms with Gasteiger partial charge in [0.2, 0.25) is 0 Å². The van der Waals surface area contributed by atoms with Crippen LogP contribution in [0.2, 0.25) is 0 Å². The quantitative estimate of drug-likeness (QED) is 0.776. The SMILES string of the molecule is CCCNC(c1cccs1)c1cnn2ccncc12. The summed E-state index contributed by atoms with van der Waals surface area (Å²) in [6.07, 6.45) is 8.55. The first-order valence-electron chi connectivity index (χ1n) is 6.44.